The van der Waals surface area contributed by atoms with Crippen LogP contribution in [-0.2, 0) is 0 Å². The minimum absolute atomic E-state index is 0.783. The Kier molecular flexibility index (Phi) is 2.86. The minimum atomic E-state index is 0.783. The highest BCUT2D eigenvalue weighted by Gasteiger charge is 2.22. The summed E-state index contributed by atoms with van der Waals surface area (Å²) in [5, 5.41) is 0. The molecule has 0 atom stereocenters. The topological polar surface area (TPSA) is 16.1 Å². The fourth-order valence-corrected chi connectivity index (χ4v) is 2.33. The SMILES string of the molecule is CN(Sc1cccnc1)C1CCC1. The van der Waals surface area contributed by atoms with E-state index in [1.165, 1.54) is 24.2 Å². The maximum absolute atomic E-state index is 4.09. The van der Waals surface area contributed by atoms with Gasteiger partial charge in [-0.3, -0.25) is 4.98 Å². The largest absolute Gasteiger partial charge is 0.264 e. The summed E-state index contributed by atoms with van der Waals surface area (Å²) in [5.74, 6) is 0. The van der Waals surface area contributed by atoms with Gasteiger partial charge in [0.2, 0.25) is 0 Å². The summed E-state index contributed by atoms with van der Waals surface area (Å²) in [5.41, 5.74) is 0. The van der Waals surface area contributed by atoms with Gasteiger partial charge in [0.05, 0.1) is 0 Å². The van der Waals surface area contributed by atoms with Crippen molar-refractivity contribution in [3.63, 3.8) is 0 Å². The highest BCUT2D eigenvalue weighted by Crippen LogP contribution is 2.31. The normalized spacial score (nSPS) is 17.4. The second-order valence-corrected chi connectivity index (χ2v) is 4.64. The minimum Gasteiger partial charge on any atom is -0.264 e. The molecule has 0 aliphatic heterocycles. The van der Waals surface area contributed by atoms with E-state index in [1.807, 2.05) is 18.5 Å². The van der Waals surface area contributed by atoms with Gasteiger partial charge in [0.25, 0.3) is 0 Å². The van der Waals surface area contributed by atoms with Gasteiger partial charge in [-0.1, -0.05) is 6.42 Å². The molecule has 0 N–H and O–H groups in total. The molecule has 3 heteroatoms. The van der Waals surface area contributed by atoms with E-state index >= 15 is 0 Å². The van der Waals surface area contributed by atoms with E-state index in [9.17, 15) is 0 Å². The van der Waals surface area contributed by atoms with Gasteiger partial charge >= 0.3 is 0 Å². The molecule has 1 aromatic rings. The van der Waals surface area contributed by atoms with E-state index in [0.29, 0.717) is 0 Å². The molecule has 1 aliphatic rings. The Morgan fingerprint density at radius 3 is 2.92 bits per heavy atom. The monoisotopic (exact) mass is 194 g/mol. The third-order valence-electron chi connectivity index (χ3n) is 2.47. The second-order valence-electron chi connectivity index (χ2n) is 3.41. The smallest absolute Gasteiger partial charge is 0.0417 e. The molecular weight excluding hydrogens is 180 g/mol. The number of aromatic nitrogens is 1. The molecule has 2 rings (SSSR count). The molecule has 0 bridgehead atoms. The van der Waals surface area contributed by atoms with Gasteiger partial charge in [-0.25, -0.2) is 4.31 Å². The van der Waals surface area contributed by atoms with E-state index in [4.69, 9.17) is 0 Å². The lowest BCUT2D eigenvalue weighted by molar-refractivity contribution is 0.267. The summed E-state index contributed by atoms with van der Waals surface area (Å²) in [7, 11) is 2.17. The van der Waals surface area contributed by atoms with Gasteiger partial charge in [0, 0.05) is 23.3 Å². The van der Waals surface area contributed by atoms with Crippen LogP contribution in [0.25, 0.3) is 0 Å². The number of rotatable bonds is 3. The van der Waals surface area contributed by atoms with Crippen molar-refractivity contribution in [3.05, 3.63) is 24.5 Å². The molecule has 0 radical (unpaired) electrons. The molecule has 0 saturated heterocycles. The highest BCUT2D eigenvalue weighted by molar-refractivity contribution is 7.97. The summed E-state index contributed by atoms with van der Waals surface area (Å²) < 4.78 is 2.35. The van der Waals surface area contributed by atoms with Crippen molar-refractivity contribution < 1.29 is 0 Å². The summed E-state index contributed by atoms with van der Waals surface area (Å²) in [4.78, 5) is 5.33. The molecule has 70 valence electrons. The lowest BCUT2D eigenvalue weighted by Crippen LogP contribution is -2.32. The maximum atomic E-state index is 4.09. The van der Waals surface area contributed by atoms with E-state index in [2.05, 4.69) is 22.4 Å². The predicted octanol–water partition coefficient (Wildman–Crippen LogP) is 2.57. The van der Waals surface area contributed by atoms with Gasteiger partial charge < -0.3 is 0 Å². The first-order chi connectivity index (χ1) is 6.36. The van der Waals surface area contributed by atoms with Crippen molar-refractivity contribution in [3.8, 4) is 0 Å². The molecule has 2 nitrogen and oxygen atoms in total. The molecule has 1 aliphatic carbocycles. The summed E-state index contributed by atoms with van der Waals surface area (Å²) in [6.07, 6.45) is 7.82. The van der Waals surface area contributed by atoms with Crippen LogP contribution in [0.15, 0.2) is 29.4 Å². The Balaban J connectivity index is 1.90. The van der Waals surface area contributed by atoms with Crippen molar-refractivity contribution >= 4 is 11.9 Å². The van der Waals surface area contributed by atoms with E-state index in [1.54, 1.807) is 11.9 Å². The molecular formula is C10H14N2S. The Morgan fingerprint density at radius 1 is 1.54 bits per heavy atom. The Bertz CT molecular complexity index is 259. The first-order valence-electron chi connectivity index (χ1n) is 4.67. The summed E-state index contributed by atoms with van der Waals surface area (Å²) in [6.45, 7) is 0. The molecule has 0 spiro atoms. The van der Waals surface area contributed by atoms with Gasteiger partial charge in [0.1, 0.15) is 0 Å². The van der Waals surface area contributed by atoms with Gasteiger partial charge in [-0.2, -0.15) is 0 Å². The first-order valence-corrected chi connectivity index (χ1v) is 5.44. The van der Waals surface area contributed by atoms with E-state index in [0.717, 1.165) is 6.04 Å². The Morgan fingerprint density at radius 2 is 2.38 bits per heavy atom. The fraction of sp³-hybridized carbons (Fsp3) is 0.500. The van der Waals surface area contributed by atoms with Crippen LogP contribution in [0.2, 0.25) is 0 Å². The number of nitrogens with zero attached hydrogens (tertiary/aromatic N) is 2. The average Bonchev–Trinajstić information content (AvgIpc) is 2.02. The lowest BCUT2D eigenvalue weighted by atomic mass is 9.94. The number of hydrogen-bond donors (Lipinski definition) is 0. The van der Waals surface area contributed by atoms with Crippen molar-refractivity contribution in [2.24, 2.45) is 0 Å². The van der Waals surface area contributed by atoms with Crippen LogP contribution in [0.5, 0.6) is 0 Å². The van der Waals surface area contributed by atoms with Gasteiger partial charge in [-0.05, 0) is 44.0 Å². The average molecular weight is 194 g/mol. The predicted molar refractivity (Wildman–Crippen MR) is 55.5 cm³/mol. The van der Waals surface area contributed by atoms with Crippen LogP contribution >= 0.6 is 11.9 Å². The van der Waals surface area contributed by atoms with E-state index in [-0.39, 0.29) is 0 Å². The Hall–Kier alpha value is -0.540. The van der Waals surface area contributed by atoms with Crippen molar-refractivity contribution in [2.75, 3.05) is 7.05 Å². The summed E-state index contributed by atoms with van der Waals surface area (Å²) >= 11 is 1.80. The second kappa shape index (κ2) is 4.11. The standard InChI is InChI=1S/C10H14N2S/c1-12(9-4-2-5-9)13-10-6-3-7-11-8-10/h3,6-9H,2,4-5H2,1H3. The molecule has 1 heterocycles. The van der Waals surface area contributed by atoms with Crippen molar-refractivity contribution in [2.45, 2.75) is 30.2 Å². The molecule has 1 aromatic heterocycles. The third kappa shape index (κ3) is 2.23. The van der Waals surface area contributed by atoms with Crippen LogP contribution < -0.4 is 0 Å². The van der Waals surface area contributed by atoms with Crippen LogP contribution in [0.4, 0.5) is 0 Å². The maximum Gasteiger partial charge on any atom is 0.0417 e. The zero-order valence-corrected chi connectivity index (χ0v) is 8.63. The molecule has 0 unspecified atom stereocenters. The Labute approximate surface area is 83.5 Å². The van der Waals surface area contributed by atoms with Gasteiger partial charge in [0.15, 0.2) is 0 Å². The molecule has 0 aromatic carbocycles. The third-order valence-corrected chi connectivity index (χ3v) is 3.51. The molecule has 1 fully saturated rings. The highest BCUT2D eigenvalue weighted by atomic mass is 32.2. The van der Waals surface area contributed by atoms with Crippen LogP contribution in [0.3, 0.4) is 0 Å². The lowest BCUT2D eigenvalue weighted by Gasteiger charge is -2.33. The quantitative estimate of drug-likeness (QED) is 0.688. The fourth-order valence-electron chi connectivity index (χ4n) is 1.39. The van der Waals surface area contributed by atoms with Gasteiger partial charge in [-0.15, -0.1) is 0 Å². The van der Waals surface area contributed by atoms with Crippen molar-refractivity contribution in [1.29, 1.82) is 0 Å². The van der Waals surface area contributed by atoms with Crippen LogP contribution in [0.1, 0.15) is 19.3 Å². The molecule has 0 amide bonds. The first kappa shape index (κ1) is 9.03. The number of pyridine rings is 1. The van der Waals surface area contributed by atoms with Crippen molar-refractivity contribution in [1.82, 2.24) is 9.29 Å². The number of hydrogen-bond acceptors (Lipinski definition) is 3. The zero-order chi connectivity index (χ0) is 9.10. The summed E-state index contributed by atoms with van der Waals surface area (Å²) in [6, 6.07) is 4.87. The van der Waals surface area contributed by atoms with Crippen LogP contribution in [0, 0.1) is 0 Å². The van der Waals surface area contributed by atoms with E-state index < -0.39 is 0 Å². The molecule has 1 saturated carbocycles. The van der Waals surface area contributed by atoms with Crippen LogP contribution in [-0.4, -0.2) is 22.4 Å². The zero-order valence-electron chi connectivity index (χ0n) is 7.81. The molecule has 13 heavy (non-hydrogen) atoms.